The summed E-state index contributed by atoms with van der Waals surface area (Å²) in [6.45, 7) is 0.269. The van der Waals surface area contributed by atoms with Gasteiger partial charge in [0, 0.05) is 17.5 Å². The lowest BCUT2D eigenvalue weighted by atomic mass is 9.97. The van der Waals surface area contributed by atoms with E-state index >= 15 is 0 Å². The molecule has 7 nitrogen and oxygen atoms in total. The maximum atomic E-state index is 12.5. The van der Waals surface area contributed by atoms with Crippen LogP contribution in [0.1, 0.15) is 37.0 Å². The van der Waals surface area contributed by atoms with E-state index in [9.17, 15) is 18.4 Å². The van der Waals surface area contributed by atoms with Gasteiger partial charge in [-0.3, -0.25) is 9.59 Å². The third-order valence-electron chi connectivity index (χ3n) is 3.35. The zero-order valence-electron chi connectivity index (χ0n) is 14.4. The van der Waals surface area contributed by atoms with E-state index in [4.69, 9.17) is 14.6 Å². The largest absolute Gasteiger partial charge is 0.493 e. The van der Waals surface area contributed by atoms with Crippen LogP contribution >= 0.6 is 0 Å². The van der Waals surface area contributed by atoms with Crippen LogP contribution in [-0.4, -0.2) is 43.4 Å². The predicted octanol–water partition coefficient (Wildman–Crippen LogP) is 2.68. The van der Waals surface area contributed by atoms with E-state index in [1.54, 1.807) is 13.8 Å². The van der Waals surface area contributed by atoms with Gasteiger partial charge in [0.25, 0.3) is 5.91 Å². The quantitative estimate of drug-likeness (QED) is 0.702. The monoisotopic (exact) mass is 361 g/mol. The van der Waals surface area contributed by atoms with Crippen molar-refractivity contribution in [2.45, 2.75) is 38.8 Å². The first-order valence-electron chi connectivity index (χ1n) is 7.34. The molecule has 0 atom stereocenters. The summed E-state index contributed by atoms with van der Waals surface area (Å²) < 4.78 is 39.4. The molecule has 9 heteroatoms. The molecule has 0 saturated heterocycles. The number of carbonyl (C=O) groups excluding carboxylic acids is 1. The highest BCUT2D eigenvalue weighted by Crippen LogP contribution is 2.39. The molecule has 2 N–H and O–H groups in total. The number of amides is 1. The van der Waals surface area contributed by atoms with Crippen molar-refractivity contribution in [3.63, 3.8) is 0 Å². The zero-order chi connectivity index (χ0) is 19.2. The summed E-state index contributed by atoms with van der Waals surface area (Å²) in [7, 11) is 2.48. The Labute approximate surface area is 143 Å². The van der Waals surface area contributed by atoms with Gasteiger partial charge < -0.3 is 24.6 Å². The number of carboxylic acids is 1. The van der Waals surface area contributed by atoms with E-state index in [-0.39, 0.29) is 35.7 Å². The summed E-state index contributed by atoms with van der Waals surface area (Å²) in [6.07, 6.45) is 0.107. The number of ether oxygens (including phenoxy) is 3. The molecule has 0 fully saturated rings. The van der Waals surface area contributed by atoms with Crippen LogP contribution in [0.2, 0.25) is 0 Å². The van der Waals surface area contributed by atoms with Gasteiger partial charge in [0.2, 0.25) is 5.75 Å². The first-order valence-corrected chi connectivity index (χ1v) is 7.34. The Hall–Kier alpha value is -2.58. The molecule has 1 rings (SSSR count). The number of alkyl halides is 2. The predicted molar refractivity (Wildman–Crippen MR) is 84.6 cm³/mol. The van der Waals surface area contributed by atoms with Crippen LogP contribution in [0.4, 0.5) is 8.78 Å². The molecule has 0 aliphatic heterocycles. The van der Waals surface area contributed by atoms with Crippen molar-refractivity contribution in [1.29, 1.82) is 0 Å². The lowest BCUT2D eigenvalue weighted by Gasteiger charge is -2.26. The van der Waals surface area contributed by atoms with Gasteiger partial charge in [-0.05, 0) is 32.4 Å². The Morgan fingerprint density at radius 3 is 2.12 bits per heavy atom. The van der Waals surface area contributed by atoms with E-state index in [0.717, 1.165) is 0 Å². The molecule has 1 aromatic carbocycles. The van der Waals surface area contributed by atoms with Crippen molar-refractivity contribution in [2.24, 2.45) is 0 Å². The second-order valence-corrected chi connectivity index (χ2v) is 5.82. The van der Waals surface area contributed by atoms with Crippen LogP contribution in [0.25, 0.3) is 0 Å². The lowest BCUT2D eigenvalue weighted by molar-refractivity contribution is -0.137. The number of rotatable bonds is 9. The van der Waals surface area contributed by atoms with Gasteiger partial charge in [0.05, 0.1) is 14.2 Å². The minimum Gasteiger partial charge on any atom is -0.493 e. The van der Waals surface area contributed by atoms with E-state index < -0.39 is 24.0 Å². The van der Waals surface area contributed by atoms with Gasteiger partial charge in [-0.2, -0.15) is 8.78 Å². The molecule has 0 aliphatic rings. The summed E-state index contributed by atoms with van der Waals surface area (Å²) in [5.74, 6) is -2.00. The van der Waals surface area contributed by atoms with Crippen molar-refractivity contribution < 1.29 is 37.7 Å². The molecular formula is C16H21F2NO6. The van der Waals surface area contributed by atoms with Crippen LogP contribution in [0.15, 0.2) is 12.1 Å². The SMILES string of the molecule is COc1cc(C(=O)NC(C)(C)CCC(=O)O)cc(OC)c1OC(F)F. The van der Waals surface area contributed by atoms with Gasteiger partial charge in [-0.15, -0.1) is 0 Å². The Bertz CT molecular complexity index is 608. The fourth-order valence-electron chi connectivity index (χ4n) is 2.08. The first kappa shape index (κ1) is 20.5. The smallest absolute Gasteiger partial charge is 0.387 e. The summed E-state index contributed by atoms with van der Waals surface area (Å²) in [4.78, 5) is 23.1. The average Bonchev–Trinajstić information content (AvgIpc) is 2.52. The van der Waals surface area contributed by atoms with Crippen molar-refractivity contribution in [3.05, 3.63) is 17.7 Å². The number of benzene rings is 1. The summed E-state index contributed by atoms with van der Waals surface area (Å²) >= 11 is 0. The Morgan fingerprint density at radius 2 is 1.72 bits per heavy atom. The maximum absolute atomic E-state index is 12.5. The standard InChI is InChI=1S/C16H21F2NO6/c1-16(2,6-5-12(20)21)19-14(22)9-7-10(23-3)13(25-15(17)18)11(8-9)24-4/h7-8,15H,5-6H2,1-4H3,(H,19,22)(H,20,21). The number of hydrogen-bond acceptors (Lipinski definition) is 5. The minimum atomic E-state index is -3.09. The van der Waals surface area contributed by atoms with Crippen LogP contribution in [-0.2, 0) is 4.79 Å². The van der Waals surface area contributed by atoms with Crippen LogP contribution < -0.4 is 19.5 Å². The van der Waals surface area contributed by atoms with Crippen LogP contribution in [0.5, 0.6) is 17.2 Å². The lowest BCUT2D eigenvalue weighted by Crippen LogP contribution is -2.43. The molecule has 0 saturated carbocycles. The molecule has 0 unspecified atom stereocenters. The highest BCUT2D eigenvalue weighted by atomic mass is 19.3. The van der Waals surface area contributed by atoms with E-state index in [0.29, 0.717) is 0 Å². The van der Waals surface area contributed by atoms with Gasteiger partial charge in [0.1, 0.15) is 0 Å². The fraction of sp³-hybridized carbons (Fsp3) is 0.500. The van der Waals surface area contributed by atoms with E-state index in [1.165, 1.54) is 26.4 Å². The molecule has 0 radical (unpaired) electrons. The van der Waals surface area contributed by atoms with Crippen molar-refractivity contribution in [3.8, 4) is 17.2 Å². The normalized spacial score (nSPS) is 11.2. The summed E-state index contributed by atoms with van der Waals surface area (Å²) in [5.41, 5.74) is -0.688. The minimum absolute atomic E-state index is 0.0897. The third kappa shape index (κ3) is 6.09. The number of carbonyl (C=O) groups is 2. The number of aliphatic carboxylic acids is 1. The number of hydrogen-bond donors (Lipinski definition) is 2. The highest BCUT2D eigenvalue weighted by molar-refractivity contribution is 5.96. The van der Waals surface area contributed by atoms with Crippen LogP contribution in [0.3, 0.4) is 0 Å². The van der Waals surface area contributed by atoms with Gasteiger partial charge in [0.15, 0.2) is 11.5 Å². The summed E-state index contributed by atoms with van der Waals surface area (Å²) in [6, 6.07) is 2.48. The molecule has 1 aromatic rings. The number of halogens is 2. The summed E-state index contributed by atoms with van der Waals surface area (Å²) in [5, 5.41) is 11.4. The Balaban J connectivity index is 3.08. The van der Waals surface area contributed by atoms with Gasteiger partial charge >= 0.3 is 12.6 Å². The maximum Gasteiger partial charge on any atom is 0.387 e. The molecular weight excluding hydrogens is 340 g/mol. The molecule has 0 aliphatic carbocycles. The van der Waals surface area contributed by atoms with E-state index in [2.05, 4.69) is 10.1 Å². The number of methoxy groups -OCH3 is 2. The highest BCUT2D eigenvalue weighted by Gasteiger charge is 2.25. The van der Waals surface area contributed by atoms with Gasteiger partial charge in [-0.1, -0.05) is 0 Å². The molecule has 0 aromatic heterocycles. The Kier molecular flexibility index (Phi) is 6.96. The topological polar surface area (TPSA) is 94.1 Å². The number of carboxylic acid groups (broad SMARTS) is 1. The number of nitrogens with one attached hydrogen (secondary N) is 1. The molecule has 140 valence electrons. The van der Waals surface area contributed by atoms with Crippen molar-refractivity contribution in [2.75, 3.05) is 14.2 Å². The molecule has 0 bridgehead atoms. The molecule has 1 amide bonds. The fourth-order valence-corrected chi connectivity index (χ4v) is 2.08. The molecule has 0 spiro atoms. The average molecular weight is 361 g/mol. The zero-order valence-corrected chi connectivity index (χ0v) is 14.4. The second kappa shape index (κ2) is 8.50. The third-order valence-corrected chi connectivity index (χ3v) is 3.35. The van der Waals surface area contributed by atoms with E-state index in [1.807, 2.05) is 0 Å². The van der Waals surface area contributed by atoms with Crippen molar-refractivity contribution in [1.82, 2.24) is 5.32 Å². The van der Waals surface area contributed by atoms with Crippen LogP contribution in [0, 0.1) is 0 Å². The Morgan fingerprint density at radius 1 is 1.20 bits per heavy atom. The van der Waals surface area contributed by atoms with Crippen molar-refractivity contribution >= 4 is 11.9 Å². The van der Waals surface area contributed by atoms with Gasteiger partial charge in [-0.25, -0.2) is 0 Å². The second-order valence-electron chi connectivity index (χ2n) is 5.82. The molecule has 25 heavy (non-hydrogen) atoms. The first-order chi connectivity index (χ1) is 11.6. The molecule has 0 heterocycles.